The molecule has 0 saturated carbocycles. The maximum atomic E-state index is 13.2. The van der Waals surface area contributed by atoms with Crippen LogP contribution in [0, 0.1) is 0 Å². The van der Waals surface area contributed by atoms with Crippen LogP contribution < -0.4 is 5.32 Å². The lowest BCUT2D eigenvalue weighted by atomic mass is 10.1. The first-order chi connectivity index (χ1) is 15.1. The monoisotopic (exact) mass is 490 g/mol. The molecule has 0 radical (unpaired) electrons. The Hall–Kier alpha value is -2.37. The van der Waals surface area contributed by atoms with E-state index < -0.39 is 22.8 Å². The Bertz CT molecular complexity index is 1030. The van der Waals surface area contributed by atoms with Gasteiger partial charge in [0, 0.05) is 24.8 Å². The number of nitrogens with zero attached hydrogens (tertiary/aromatic N) is 5. The maximum absolute atomic E-state index is 13.2. The number of rotatable bonds is 3. The van der Waals surface area contributed by atoms with Gasteiger partial charge in [0.1, 0.15) is 5.82 Å². The van der Waals surface area contributed by atoms with E-state index in [1.54, 1.807) is 16.7 Å². The fraction of sp³-hybridized carbons (Fsp3) is 0.474. The van der Waals surface area contributed by atoms with Crippen LogP contribution in [0.1, 0.15) is 35.5 Å². The number of carbonyl (C=O) groups excluding carboxylic acids is 1. The number of ether oxygens (including phenoxy) is 1. The minimum absolute atomic E-state index is 0.0178. The van der Waals surface area contributed by atoms with E-state index in [9.17, 15) is 18.0 Å². The van der Waals surface area contributed by atoms with Crippen LogP contribution >= 0.6 is 23.2 Å². The van der Waals surface area contributed by atoms with Gasteiger partial charge in [-0.2, -0.15) is 13.2 Å². The zero-order valence-electron chi connectivity index (χ0n) is 16.9. The molecule has 0 aromatic carbocycles. The SMILES string of the molecule is CC(Nc1nc(Cl)nc2c1CN(C(=O)N1CCOCC1)C2)c1nccc(C(F)(F)F)c1Cl. The number of halogens is 5. The van der Waals surface area contributed by atoms with E-state index in [1.165, 1.54) is 0 Å². The minimum atomic E-state index is -4.60. The fourth-order valence-corrected chi connectivity index (χ4v) is 4.26. The molecule has 2 aliphatic heterocycles. The average molecular weight is 491 g/mol. The molecule has 32 heavy (non-hydrogen) atoms. The predicted octanol–water partition coefficient (Wildman–Crippen LogP) is 4.14. The summed E-state index contributed by atoms with van der Waals surface area (Å²) in [6, 6.07) is -0.0414. The van der Waals surface area contributed by atoms with Gasteiger partial charge < -0.3 is 19.9 Å². The molecule has 1 atom stereocenters. The van der Waals surface area contributed by atoms with E-state index in [2.05, 4.69) is 20.3 Å². The second-order valence-corrected chi connectivity index (χ2v) is 8.14. The number of hydrogen-bond donors (Lipinski definition) is 1. The lowest BCUT2D eigenvalue weighted by Crippen LogP contribution is -2.46. The summed E-state index contributed by atoms with van der Waals surface area (Å²) in [5, 5.41) is 2.51. The number of hydrogen-bond acceptors (Lipinski definition) is 6. The number of carbonyl (C=O) groups is 1. The summed E-state index contributed by atoms with van der Waals surface area (Å²) in [4.78, 5) is 28.6. The number of pyridine rings is 1. The molecule has 8 nitrogen and oxygen atoms in total. The van der Waals surface area contributed by atoms with Gasteiger partial charge in [0.05, 0.1) is 54.3 Å². The van der Waals surface area contributed by atoms with Gasteiger partial charge in [-0.05, 0) is 24.6 Å². The number of urea groups is 1. The fourth-order valence-electron chi connectivity index (χ4n) is 3.69. The Kier molecular flexibility index (Phi) is 6.33. The van der Waals surface area contributed by atoms with E-state index in [-0.39, 0.29) is 30.1 Å². The second kappa shape index (κ2) is 8.87. The van der Waals surface area contributed by atoms with Gasteiger partial charge in [0.2, 0.25) is 5.28 Å². The number of nitrogens with one attached hydrogen (secondary N) is 1. The Balaban J connectivity index is 1.57. The number of morpholine rings is 1. The summed E-state index contributed by atoms with van der Waals surface area (Å²) in [6.07, 6.45) is -3.54. The van der Waals surface area contributed by atoms with E-state index in [1.807, 2.05) is 0 Å². The van der Waals surface area contributed by atoms with E-state index in [4.69, 9.17) is 27.9 Å². The van der Waals surface area contributed by atoms with Crippen molar-refractivity contribution in [2.75, 3.05) is 31.6 Å². The molecule has 4 heterocycles. The average Bonchev–Trinajstić information content (AvgIpc) is 3.17. The van der Waals surface area contributed by atoms with Crippen LogP contribution in [0.5, 0.6) is 0 Å². The number of aromatic nitrogens is 3. The van der Waals surface area contributed by atoms with Gasteiger partial charge in [0.15, 0.2) is 0 Å². The third-order valence-electron chi connectivity index (χ3n) is 5.29. The highest BCUT2D eigenvalue weighted by Gasteiger charge is 2.36. The summed E-state index contributed by atoms with van der Waals surface area (Å²) in [7, 11) is 0. The number of fused-ring (bicyclic) bond motifs is 1. The molecule has 1 N–H and O–H groups in total. The Labute approximate surface area is 191 Å². The number of anilines is 1. The normalized spacial score (nSPS) is 17.3. The van der Waals surface area contributed by atoms with Gasteiger partial charge in [-0.15, -0.1) is 0 Å². The Morgan fingerprint density at radius 2 is 1.91 bits per heavy atom. The Morgan fingerprint density at radius 3 is 2.59 bits per heavy atom. The molecular weight excluding hydrogens is 472 g/mol. The molecule has 4 rings (SSSR count). The van der Waals surface area contributed by atoms with Crippen LogP contribution in [-0.4, -0.2) is 57.1 Å². The first kappa shape index (κ1) is 22.8. The highest BCUT2D eigenvalue weighted by Crippen LogP contribution is 2.38. The minimum Gasteiger partial charge on any atom is -0.378 e. The third-order valence-corrected chi connectivity index (χ3v) is 5.86. The summed E-state index contributed by atoms with van der Waals surface area (Å²) in [6.45, 7) is 4.06. The molecule has 0 aliphatic carbocycles. The lowest BCUT2D eigenvalue weighted by Gasteiger charge is -2.30. The molecule has 0 bridgehead atoms. The first-order valence-electron chi connectivity index (χ1n) is 9.80. The first-order valence-corrected chi connectivity index (χ1v) is 10.6. The van der Waals surface area contributed by atoms with Crippen molar-refractivity contribution in [1.82, 2.24) is 24.8 Å². The van der Waals surface area contributed by atoms with Crippen LogP contribution in [0.3, 0.4) is 0 Å². The van der Waals surface area contributed by atoms with Gasteiger partial charge in [-0.1, -0.05) is 11.6 Å². The molecule has 2 amide bonds. The summed E-state index contributed by atoms with van der Waals surface area (Å²) >= 11 is 12.1. The van der Waals surface area contributed by atoms with Crippen LogP contribution in [0.4, 0.5) is 23.8 Å². The molecule has 2 aromatic rings. The van der Waals surface area contributed by atoms with E-state index >= 15 is 0 Å². The molecule has 13 heteroatoms. The third kappa shape index (κ3) is 4.55. The highest BCUT2D eigenvalue weighted by atomic mass is 35.5. The van der Waals surface area contributed by atoms with Crippen LogP contribution in [0.2, 0.25) is 10.3 Å². The van der Waals surface area contributed by atoms with Crippen molar-refractivity contribution in [3.05, 3.63) is 45.1 Å². The van der Waals surface area contributed by atoms with E-state index in [0.717, 1.165) is 12.3 Å². The van der Waals surface area contributed by atoms with Crippen molar-refractivity contribution in [3.8, 4) is 0 Å². The molecular formula is C19H19Cl2F3N6O2. The highest BCUT2D eigenvalue weighted by molar-refractivity contribution is 6.32. The molecule has 2 aromatic heterocycles. The molecule has 1 fully saturated rings. The molecule has 2 aliphatic rings. The van der Waals surface area contributed by atoms with Crippen molar-refractivity contribution in [3.63, 3.8) is 0 Å². The number of alkyl halides is 3. The predicted molar refractivity (Wildman–Crippen MR) is 110 cm³/mol. The van der Waals surface area contributed by atoms with Crippen molar-refractivity contribution in [1.29, 1.82) is 0 Å². The summed E-state index contributed by atoms with van der Waals surface area (Å²) < 4.78 is 44.9. The smallest absolute Gasteiger partial charge is 0.378 e. The standard InChI is InChI=1S/C19H19Cl2F3N6O2/c1-10(15-14(20)12(2-3-25-15)19(22,23)24)26-16-11-8-30(9-13(11)27-17(21)28-16)18(31)29-4-6-32-7-5-29/h2-3,10H,4-9H2,1H3,(H,26,27,28). The molecule has 0 spiro atoms. The van der Waals surface area contributed by atoms with Crippen molar-refractivity contribution >= 4 is 35.1 Å². The lowest BCUT2D eigenvalue weighted by molar-refractivity contribution is -0.137. The van der Waals surface area contributed by atoms with Gasteiger partial charge >= 0.3 is 12.2 Å². The summed E-state index contributed by atoms with van der Waals surface area (Å²) in [5.41, 5.74) is 0.269. The zero-order chi connectivity index (χ0) is 23.0. The quantitative estimate of drug-likeness (QED) is 0.651. The van der Waals surface area contributed by atoms with Gasteiger partial charge in [0.25, 0.3) is 0 Å². The maximum Gasteiger partial charge on any atom is 0.417 e. The Morgan fingerprint density at radius 1 is 1.19 bits per heavy atom. The van der Waals surface area contributed by atoms with Crippen LogP contribution in [0.25, 0.3) is 0 Å². The largest absolute Gasteiger partial charge is 0.417 e. The van der Waals surface area contributed by atoms with E-state index in [0.29, 0.717) is 43.4 Å². The topological polar surface area (TPSA) is 83.5 Å². The van der Waals surface area contributed by atoms with Crippen LogP contribution in [-0.2, 0) is 24.0 Å². The number of amides is 2. The van der Waals surface area contributed by atoms with Crippen molar-refractivity contribution in [2.24, 2.45) is 0 Å². The molecule has 172 valence electrons. The van der Waals surface area contributed by atoms with Crippen molar-refractivity contribution in [2.45, 2.75) is 32.2 Å². The van der Waals surface area contributed by atoms with Gasteiger partial charge in [-0.3, -0.25) is 4.98 Å². The molecule has 1 saturated heterocycles. The zero-order valence-corrected chi connectivity index (χ0v) is 18.4. The summed E-state index contributed by atoms with van der Waals surface area (Å²) in [5.74, 6) is 0.319. The second-order valence-electron chi connectivity index (χ2n) is 7.43. The van der Waals surface area contributed by atoms with Gasteiger partial charge in [-0.25, -0.2) is 14.8 Å². The van der Waals surface area contributed by atoms with Crippen LogP contribution in [0.15, 0.2) is 12.3 Å². The molecule has 1 unspecified atom stereocenters. The van der Waals surface area contributed by atoms with Crippen molar-refractivity contribution < 1.29 is 22.7 Å².